The monoisotopic (exact) mass is 767 g/mol. The van der Waals surface area contributed by atoms with Crippen LogP contribution in [0.1, 0.15) is 117 Å². The van der Waals surface area contributed by atoms with Gasteiger partial charge in [0.1, 0.15) is 40.7 Å². The van der Waals surface area contributed by atoms with Gasteiger partial charge in [0, 0.05) is 24.2 Å². The molecule has 0 aliphatic carbocycles. The molecule has 0 bridgehead atoms. The zero-order chi connectivity index (χ0) is 40.7. The first-order valence-corrected chi connectivity index (χ1v) is 18.8. The van der Waals surface area contributed by atoms with Gasteiger partial charge in [0.15, 0.2) is 0 Å². The fourth-order valence-electron chi connectivity index (χ4n) is 6.66. The van der Waals surface area contributed by atoms with Gasteiger partial charge in [-0.25, -0.2) is 4.79 Å². The van der Waals surface area contributed by atoms with Crippen LogP contribution in [-0.2, 0) is 27.2 Å². The number of carbonyl (C=O) groups is 2. The van der Waals surface area contributed by atoms with E-state index in [0.29, 0.717) is 43.3 Å². The molecule has 1 fully saturated rings. The molecule has 3 aromatic rings. The minimum Gasteiger partial charge on any atom is -0.546 e. The van der Waals surface area contributed by atoms with E-state index in [0.717, 1.165) is 56.7 Å². The van der Waals surface area contributed by atoms with Crippen molar-refractivity contribution in [3.05, 3.63) is 80.4 Å². The summed E-state index contributed by atoms with van der Waals surface area (Å²) in [5.74, 6) is -0.382. The Bertz CT molecular complexity index is 1690. The van der Waals surface area contributed by atoms with Gasteiger partial charge in [0.05, 0.1) is 19.1 Å². The van der Waals surface area contributed by atoms with Gasteiger partial charge in [-0.2, -0.15) is 0 Å². The van der Waals surface area contributed by atoms with E-state index < -0.39 is 23.1 Å². The molecule has 5 atom stereocenters. The van der Waals surface area contributed by atoms with E-state index in [-0.39, 0.29) is 31.1 Å². The van der Waals surface area contributed by atoms with Crippen LogP contribution in [-0.4, -0.2) is 69.4 Å². The number of carboxylic acids is 2. The Labute approximate surface area is 327 Å². The molecule has 3 aliphatic heterocycles. The number of quaternary nitrogens is 1. The number of hydrogen-bond donors (Lipinski definition) is 5. The highest BCUT2D eigenvalue weighted by atomic mass is 16.5. The lowest BCUT2D eigenvalue weighted by atomic mass is 9.87. The largest absolute Gasteiger partial charge is 0.546 e. The number of ether oxygens (including phenoxy) is 3. The highest BCUT2D eigenvalue weighted by Gasteiger charge is 2.41. The summed E-state index contributed by atoms with van der Waals surface area (Å²) >= 11 is 0. The SMILES string of the molecule is C.CC1CCCO1.C[NH2+][C@@H](C)[C@@H](O)c1ccccc1.Cc1c(C)c2c(c(C)c1O)CC[C@](C)(C(=O)O)O2.Cc1c(C)c2c(c(C)c1O)CC[C@](C)(C(=O)[O-])O2. The van der Waals surface area contributed by atoms with Gasteiger partial charge in [0.2, 0.25) is 5.60 Å². The quantitative estimate of drug-likeness (QED) is 0.214. The van der Waals surface area contributed by atoms with Crippen LogP contribution < -0.4 is 19.9 Å². The Hall–Kier alpha value is -4.32. The lowest BCUT2D eigenvalue weighted by Gasteiger charge is -2.38. The molecule has 3 aliphatic rings. The van der Waals surface area contributed by atoms with Crippen molar-refractivity contribution in [2.75, 3.05) is 13.7 Å². The smallest absolute Gasteiger partial charge is 0.347 e. The fraction of sp³-hybridized carbons (Fsp3) is 0.545. The maximum Gasteiger partial charge on any atom is 0.347 e. The number of aromatic hydroxyl groups is 2. The highest BCUT2D eigenvalue weighted by molar-refractivity contribution is 5.78. The number of benzene rings is 3. The molecule has 0 saturated carbocycles. The first-order valence-electron chi connectivity index (χ1n) is 18.8. The van der Waals surface area contributed by atoms with Crippen LogP contribution >= 0.6 is 0 Å². The highest BCUT2D eigenvalue weighted by Crippen LogP contribution is 2.44. The number of hydrogen-bond acceptors (Lipinski definition) is 9. The van der Waals surface area contributed by atoms with E-state index >= 15 is 0 Å². The van der Waals surface area contributed by atoms with Crippen LogP contribution in [0, 0.1) is 41.5 Å². The van der Waals surface area contributed by atoms with Crippen LogP contribution in [0.25, 0.3) is 0 Å². The van der Waals surface area contributed by atoms with Crippen LogP contribution in [0.15, 0.2) is 30.3 Å². The zero-order valence-corrected chi connectivity index (χ0v) is 33.9. The minimum absolute atomic E-state index is 0. The molecule has 11 nitrogen and oxygen atoms in total. The van der Waals surface area contributed by atoms with Crippen molar-refractivity contribution in [3.8, 4) is 23.0 Å². The van der Waals surface area contributed by atoms with E-state index in [1.54, 1.807) is 13.8 Å². The maximum absolute atomic E-state index is 11.3. The molecule has 3 aromatic carbocycles. The number of aliphatic hydroxyl groups is 1. The third-order valence-corrected chi connectivity index (χ3v) is 11.2. The van der Waals surface area contributed by atoms with Crippen LogP contribution in [0.2, 0.25) is 0 Å². The number of nitrogens with two attached hydrogens (primary N) is 1. The second-order valence-corrected chi connectivity index (χ2v) is 15.2. The third-order valence-electron chi connectivity index (χ3n) is 11.2. The predicted octanol–water partition coefficient (Wildman–Crippen LogP) is 5.76. The molecule has 306 valence electrons. The molecular weight excluding hydrogens is 702 g/mol. The summed E-state index contributed by atoms with van der Waals surface area (Å²) in [6.45, 7) is 19.2. The lowest BCUT2D eigenvalue weighted by Crippen LogP contribution is -2.86. The first-order chi connectivity index (χ1) is 25.2. The molecular formula is C44H65NO10. The molecule has 6 N–H and O–H groups in total. The molecule has 0 spiro atoms. The number of carboxylic acid groups (broad SMARTS) is 2. The van der Waals surface area contributed by atoms with Crippen molar-refractivity contribution in [2.24, 2.45) is 0 Å². The molecule has 0 amide bonds. The average Bonchev–Trinajstić information content (AvgIpc) is 3.65. The third kappa shape index (κ3) is 10.7. The first kappa shape index (κ1) is 46.8. The molecule has 0 aromatic heterocycles. The summed E-state index contributed by atoms with van der Waals surface area (Å²) < 4.78 is 16.5. The Balaban J connectivity index is 0.000000267. The van der Waals surface area contributed by atoms with Gasteiger partial charge in [0.25, 0.3) is 0 Å². The van der Waals surface area contributed by atoms with E-state index in [2.05, 4.69) is 6.92 Å². The average molecular weight is 768 g/mol. The summed E-state index contributed by atoms with van der Waals surface area (Å²) in [4.78, 5) is 22.4. The van der Waals surface area contributed by atoms with Crippen molar-refractivity contribution >= 4 is 11.9 Å². The number of aliphatic hydroxyl groups excluding tert-OH is 1. The molecule has 6 rings (SSSR count). The summed E-state index contributed by atoms with van der Waals surface area (Å²) in [6, 6.07) is 9.96. The van der Waals surface area contributed by atoms with Gasteiger partial charge in [-0.1, -0.05) is 37.8 Å². The van der Waals surface area contributed by atoms with Crippen molar-refractivity contribution in [3.63, 3.8) is 0 Å². The molecule has 1 unspecified atom stereocenters. The lowest BCUT2D eigenvalue weighted by molar-refractivity contribution is -0.669. The molecule has 1 saturated heterocycles. The summed E-state index contributed by atoms with van der Waals surface area (Å²) in [6.07, 6.45) is 4.66. The number of carbonyl (C=O) groups excluding carboxylic acids is 1. The minimum atomic E-state index is -1.28. The summed E-state index contributed by atoms with van der Waals surface area (Å²) in [7, 11) is 1.97. The number of rotatable bonds is 5. The fourth-order valence-corrected chi connectivity index (χ4v) is 6.66. The van der Waals surface area contributed by atoms with Gasteiger partial charge in [-0.05, 0) is 140 Å². The van der Waals surface area contributed by atoms with E-state index in [1.165, 1.54) is 19.8 Å². The predicted molar refractivity (Wildman–Crippen MR) is 212 cm³/mol. The maximum atomic E-state index is 11.3. The zero-order valence-electron chi connectivity index (χ0n) is 33.9. The second-order valence-electron chi connectivity index (χ2n) is 15.2. The summed E-state index contributed by atoms with van der Waals surface area (Å²) in [5.41, 5.74) is 5.01. The van der Waals surface area contributed by atoms with Gasteiger partial charge in [-0.3, -0.25) is 0 Å². The van der Waals surface area contributed by atoms with Crippen molar-refractivity contribution in [2.45, 2.75) is 145 Å². The number of likely N-dealkylation sites (N-methyl/N-ethyl adjacent to an activating group) is 1. The van der Waals surface area contributed by atoms with Crippen LogP contribution in [0.4, 0.5) is 0 Å². The van der Waals surface area contributed by atoms with E-state index in [4.69, 9.17) is 14.2 Å². The molecule has 0 radical (unpaired) electrons. The summed E-state index contributed by atoms with van der Waals surface area (Å²) in [5, 5.41) is 52.2. The number of fused-ring (bicyclic) bond motifs is 2. The molecule has 55 heavy (non-hydrogen) atoms. The van der Waals surface area contributed by atoms with Crippen LogP contribution in [0.3, 0.4) is 0 Å². The Morgan fingerprint density at radius 3 is 1.64 bits per heavy atom. The molecule has 11 heteroatoms. The van der Waals surface area contributed by atoms with Crippen LogP contribution in [0.5, 0.6) is 23.0 Å². The van der Waals surface area contributed by atoms with Crippen molar-refractivity contribution in [1.29, 1.82) is 0 Å². The molecule has 3 heterocycles. The van der Waals surface area contributed by atoms with Gasteiger partial charge < -0.3 is 49.9 Å². The Morgan fingerprint density at radius 2 is 1.27 bits per heavy atom. The topological polar surface area (TPSA) is 182 Å². The normalized spacial score (nSPS) is 21.7. The number of phenols is 2. The second kappa shape index (κ2) is 19.5. The van der Waals surface area contributed by atoms with E-state index in [1.807, 2.05) is 84.2 Å². The van der Waals surface area contributed by atoms with Gasteiger partial charge >= 0.3 is 5.97 Å². The Kier molecular flexibility index (Phi) is 16.6. The van der Waals surface area contributed by atoms with Gasteiger partial charge in [-0.15, -0.1) is 0 Å². The van der Waals surface area contributed by atoms with Crippen molar-refractivity contribution < 1.29 is 54.6 Å². The number of phenolic OH excluding ortho intramolecular Hbond substituents is 2. The van der Waals surface area contributed by atoms with E-state index in [9.17, 15) is 35.1 Å². The van der Waals surface area contributed by atoms with Crippen molar-refractivity contribution in [1.82, 2.24) is 0 Å². The standard InChI is InChI=1S/2C14H18O4.C10H15NO.C5H10O.CH4/c2*1-7-8(2)12-10(9(3)11(7)15)5-6-14(4,18-12)13(16)17;1-8(11-2)10(12)9-6-4-3-5-7-9;1-5-3-2-4-6-5;/h2*15H,5-6H2,1-4H3,(H,16,17);3-8,10-12H,1-2H3;5H,2-4H2,1H3;1H4/t2*14-;8-,10+;;/m110../s1. The Morgan fingerprint density at radius 1 is 0.818 bits per heavy atom. The number of aliphatic carboxylic acids is 2.